The monoisotopic (exact) mass is 629 g/mol. The number of carbonyl (C=O) groups excluding carboxylic acids is 1. The number of aliphatic imine (C=N–C) groups is 1. The van der Waals surface area contributed by atoms with Crippen molar-refractivity contribution in [2.45, 2.75) is 79.0 Å². The smallest absolute Gasteiger partial charge is 0.320 e. The Morgan fingerprint density at radius 1 is 1.00 bits per heavy atom. The van der Waals surface area contributed by atoms with Crippen molar-refractivity contribution >= 4 is 23.3 Å². The van der Waals surface area contributed by atoms with Crippen molar-refractivity contribution in [3.05, 3.63) is 65.6 Å². The van der Waals surface area contributed by atoms with Gasteiger partial charge in [0.15, 0.2) is 5.65 Å². The van der Waals surface area contributed by atoms with Crippen molar-refractivity contribution in [1.29, 1.82) is 0 Å². The summed E-state index contributed by atoms with van der Waals surface area (Å²) in [7, 11) is 4.15. The number of aromatic nitrogens is 3. The predicted molar refractivity (Wildman–Crippen MR) is 184 cm³/mol. The molecule has 0 spiro atoms. The third kappa shape index (κ3) is 7.14. The molecule has 1 aliphatic heterocycles. The zero-order valence-corrected chi connectivity index (χ0v) is 29.0. The van der Waals surface area contributed by atoms with Crippen molar-refractivity contribution in [3.8, 4) is 5.75 Å². The minimum Gasteiger partial charge on any atom is -0.484 e. The van der Waals surface area contributed by atoms with Gasteiger partial charge in [0, 0.05) is 42.4 Å². The molecule has 2 N–H and O–H groups in total. The second-order valence-corrected chi connectivity index (χ2v) is 14.1. The molecule has 11 heteroatoms. The predicted octanol–water partition coefficient (Wildman–Crippen LogP) is 5.77. The number of rotatable bonds is 10. The number of allylic oxidation sites excluding steroid dienone is 1. The Morgan fingerprint density at radius 2 is 1.72 bits per heavy atom. The van der Waals surface area contributed by atoms with E-state index >= 15 is 0 Å². The topological polar surface area (TPSA) is 103 Å². The van der Waals surface area contributed by atoms with Crippen LogP contribution in [0.4, 0.5) is 10.7 Å². The number of likely N-dealkylation sites (N-methyl/N-ethyl adjacent to an activating group) is 1. The molecule has 0 radical (unpaired) electrons. The largest absolute Gasteiger partial charge is 0.484 e. The molecule has 2 atom stereocenters. The molecule has 46 heavy (non-hydrogen) atoms. The van der Waals surface area contributed by atoms with E-state index in [0.29, 0.717) is 6.67 Å². The van der Waals surface area contributed by atoms with Crippen LogP contribution in [0, 0.1) is 5.41 Å². The summed E-state index contributed by atoms with van der Waals surface area (Å²) in [6, 6.07) is 11.8. The molecule has 0 saturated heterocycles. The average molecular weight is 630 g/mol. The fourth-order valence-corrected chi connectivity index (χ4v) is 5.97. The van der Waals surface area contributed by atoms with Crippen molar-refractivity contribution in [1.82, 2.24) is 35.0 Å². The van der Waals surface area contributed by atoms with E-state index in [2.05, 4.69) is 110 Å². The molecule has 1 aliphatic carbocycles. The SMILES string of the molecule is CCN(CC)c1nnc2ccc(O[C@@H]3CC[C@H](NC(=O)NC4=CC(C(C)(C)C)=NCN4CC(C)(C)N(C)C)c4ccccc43)cn12. The average Bonchev–Trinajstić information content (AvgIpc) is 3.42. The van der Waals surface area contributed by atoms with Gasteiger partial charge < -0.3 is 24.8 Å². The minimum atomic E-state index is -0.227. The van der Waals surface area contributed by atoms with Gasteiger partial charge >= 0.3 is 6.03 Å². The first-order valence-electron chi connectivity index (χ1n) is 16.4. The summed E-state index contributed by atoms with van der Waals surface area (Å²) in [6.45, 7) is 17.9. The van der Waals surface area contributed by atoms with Crippen molar-refractivity contribution in [3.63, 3.8) is 0 Å². The van der Waals surface area contributed by atoms with E-state index in [4.69, 9.17) is 9.73 Å². The van der Waals surface area contributed by atoms with Crippen LogP contribution in [0.3, 0.4) is 0 Å². The van der Waals surface area contributed by atoms with Gasteiger partial charge in [-0.3, -0.25) is 14.7 Å². The summed E-state index contributed by atoms with van der Waals surface area (Å²) in [5.41, 5.74) is 3.67. The summed E-state index contributed by atoms with van der Waals surface area (Å²) < 4.78 is 8.59. The van der Waals surface area contributed by atoms with Gasteiger partial charge in [-0.25, -0.2) is 4.79 Å². The molecule has 0 bridgehead atoms. The number of amides is 2. The summed E-state index contributed by atoms with van der Waals surface area (Å²) >= 11 is 0. The lowest BCUT2D eigenvalue weighted by Gasteiger charge is -2.41. The standard InChI is InChI=1S/C35H51N9O2/c1-10-42(11-2)33-40-39-30-19-16-24(21-44(30)33)46-28-18-17-27(25-14-12-13-15-26(25)28)37-32(45)38-31-20-29(34(3,4)5)36-23-43(31)22-35(6,7)41(8)9/h12-16,19-21,27-28H,10-11,17-18,22-23H2,1-9H3,(H2,37,38,45)/t27-,28+/m0/s1. The number of urea groups is 1. The van der Waals surface area contributed by atoms with Gasteiger partial charge in [-0.1, -0.05) is 45.0 Å². The van der Waals surface area contributed by atoms with Crippen LogP contribution in [0.15, 0.2) is 59.5 Å². The molecule has 2 aliphatic rings. The van der Waals surface area contributed by atoms with E-state index in [0.717, 1.165) is 72.5 Å². The molecule has 3 aromatic rings. The van der Waals surface area contributed by atoms with Crippen LogP contribution in [-0.2, 0) is 0 Å². The summed E-state index contributed by atoms with van der Waals surface area (Å²) in [5.74, 6) is 2.33. The summed E-state index contributed by atoms with van der Waals surface area (Å²) in [4.78, 5) is 25.0. The number of fused-ring (bicyclic) bond motifs is 2. The number of hydrogen-bond donors (Lipinski definition) is 2. The lowest BCUT2D eigenvalue weighted by molar-refractivity contribution is 0.134. The fourth-order valence-electron chi connectivity index (χ4n) is 5.97. The maximum absolute atomic E-state index is 13.6. The van der Waals surface area contributed by atoms with E-state index in [1.807, 2.05) is 40.9 Å². The number of nitrogens with one attached hydrogen (secondary N) is 2. The Balaban J connectivity index is 1.32. The van der Waals surface area contributed by atoms with Crippen molar-refractivity contribution in [2.75, 3.05) is 45.3 Å². The first-order valence-corrected chi connectivity index (χ1v) is 16.4. The zero-order chi connectivity index (χ0) is 33.2. The van der Waals surface area contributed by atoms with E-state index in [1.165, 1.54) is 0 Å². The molecule has 2 amide bonds. The number of pyridine rings is 1. The van der Waals surface area contributed by atoms with Crippen molar-refractivity contribution in [2.24, 2.45) is 10.4 Å². The Bertz CT molecular complexity index is 1600. The molecule has 5 rings (SSSR count). The van der Waals surface area contributed by atoms with E-state index < -0.39 is 0 Å². The van der Waals surface area contributed by atoms with Crippen LogP contribution >= 0.6 is 0 Å². The Kier molecular flexibility index (Phi) is 9.62. The molecule has 0 saturated carbocycles. The lowest BCUT2D eigenvalue weighted by atomic mass is 9.85. The van der Waals surface area contributed by atoms with Crippen LogP contribution in [-0.4, -0.2) is 82.1 Å². The number of anilines is 1. The molecular weight excluding hydrogens is 578 g/mol. The van der Waals surface area contributed by atoms with E-state index in [9.17, 15) is 4.79 Å². The van der Waals surface area contributed by atoms with Gasteiger partial charge in [-0.2, -0.15) is 0 Å². The van der Waals surface area contributed by atoms with Gasteiger partial charge in [-0.15, -0.1) is 10.2 Å². The van der Waals surface area contributed by atoms with Gasteiger partial charge in [0.1, 0.15) is 24.3 Å². The number of ether oxygens (including phenoxy) is 1. The van der Waals surface area contributed by atoms with Crippen LogP contribution in [0.2, 0.25) is 0 Å². The van der Waals surface area contributed by atoms with Gasteiger partial charge in [0.25, 0.3) is 0 Å². The highest BCUT2D eigenvalue weighted by atomic mass is 16.5. The van der Waals surface area contributed by atoms with Gasteiger partial charge in [-0.05, 0) is 77.9 Å². The maximum Gasteiger partial charge on any atom is 0.320 e. The zero-order valence-electron chi connectivity index (χ0n) is 29.0. The molecule has 11 nitrogen and oxygen atoms in total. The molecular formula is C35H51N9O2. The minimum absolute atomic E-state index is 0.116. The molecule has 0 unspecified atom stereocenters. The second kappa shape index (κ2) is 13.3. The second-order valence-electron chi connectivity index (χ2n) is 14.1. The summed E-state index contributed by atoms with van der Waals surface area (Å²) in [5, 5.41) is 15.2. The first-order chi connectivity index (χ1) is 21.8. The number of hydrogen-bond acceptors (Lipinski definition) is 8. The highest BCUT2D eigenvalue weighted by molar-refractivity contribution is 6.00. The normalized spacial score (nSPS) is 18.6. The van der Waals surface area contributed by atoms with Gasteiger partial charge in [0.2, 0.25) is 5.95 Å². The third-order valence-corrected chi connectivity index (χ3v) is 9.25. The summed E-state index contributed by atoms with van der Waals surface area (Å²) in [6.07, 6.45) is 5.36. The quantitative estimate of drug-likeness (QED) is 0.294. The number of benzene rings is 1. The highest BCUT2D eigenvalue weighted by Crippen LogP contribution is 2.39. The molecule has 1 aromatic carbocycles. The molecule has 2 aromatic heterocycles. The van der Waals surface area contributed by atoms with E-state index in [-0.39, 0.29) is 29.1 Å². The Hall–Kier alpha value is -4.12. The lowest BCUT2D eigenvalue weighted by Crippen LogP contribution is -2.52. The first kappa shape index (κ1) is 33.2. The Labute approximate surface area is 273 Å². The third-order valence-electron chi connectivity index (χ3n) is 9.25. The van der Waals surface area contributed by atoms with Crippen LogP contribution in [0.25, 0.3) is 5.65 Å². The molecule has 0 fully saturated rings. The molecule has 3 heterocycles. The number of nitrogens with zero attached hydrogens (tertiary/aromatic N) is 7. The van der Waals surface area contributed by atoms with Crippen molar-refractivity contribution < 1.29 is 9.53 Å². The fraction of sp³-hybridized carbons (Fsp3) is 0.543. The van der Waals surface area contributed by atoms with Crippen LogP contribution in [0.1, 0.15) is 84.6 Å². The van der Waals surface area contributed by atoms with Gasteiger partial charge in [0.05, 0.1) is 12.2 Å². The molecule has 248 valence electrons. The van der Waals surface area contributed by atoms with Crippen LogP contribution in [0.5, 0.6) is 5.75 Å². The maximum atomic E-state index is 13.6. The van der Waals surface area contributed by atoms with Crippen LogP contribution < -0.4 is 20.3 Å². The van der Waals surface area contributed by atoms with E-state index in [1.54, 1.807) is 0 Å². The highest BCUT2D eigenvalue weighted by Gasteiger charge is 2.32. The number of carbonyl (C=O) groups is 1. The Morgan fingerprint density at radius 3 is 2.39 bits per heavy atom.